The van der Waals surface area contributed by atoms with E-state index in [1.54, 1.807) is 36.2 Å². The monoisotopic (exact) mass is 314 g/mol. The van der Waals surface area contributed by atoms with Crippen molar-refractivity contribution in [3.63, 3.8) is 0 Å². The van der Waals surface area contributed by atoms with Crippen LogP contribution in [0.5, 0.6) is 11.5 Å². The predicted molar refractivity (Wildman–Crippen MR) is 82.9 cm³/mol. The van der Waals surface area contributed by atoms with Gasteiger partial charge in [-0.3, -0.25) is 14.9 Å². The van der Waals surface area contributed by atoms with Crippen molar-refractivity contribution in [2.24, 2.45) is 0 Å². The summed E-state index contributed by atoms with van der Waals surface area (Å²) in [7, 11) is 1.70. The van der Waals surface area contributed by atoms with Crippen LogP contribution in [-0.2, 0) is 0 Å². The summed E-state index contributed by atoms with van der Waals surface area (Å²) in [6, 6.07) is 8.07. The number of benzene rings is 1. The summed E-state index contributed by atoms with van der Waals surface area (Å²) >= 11 is 0. The second kappa shape index (κ2) is 5.91. The number of amides is 1. The van der Waals surface area contributed by atoms with Gasteiger partial charge in [0, 0.05) is 20.1 Å². The molecule has 0 saturated heterocycles. The molecule has 2 aromatic rings. The van der Waals surface area contributed by atoms with Crippen molar-refractivity contribution in [3.8, 4) is 11.5 Å². The highest BCUT2D eigenvalue weighted by atomic mass is 16.6. The van der Waals surface area contributed by atoms with Gasteiger partial charge in [-0.2, -0.15) is 0 Å². The molecule has 0 spiro atoms. The number of likely N-dealkylation sites (N-methyl/N-ethyl adjacent to an activating group) is 1. The zero-order valence-corrected chi connectivity index (χ0v) is 12.4. The fraction of sp³-hybridized carbons (Fsp3) is 0.200. The summed E-state index contributed by atoms with van der Waals surface area (Å²) < 4.78 is 5.75. The van der Waals surface area contributed by atoms with Gasteiger partial charge >= 0.3 is 0 Å². The molecule has 1 aliphatic rings. The molecule has 23 heavy (non-hydrogen) atoms. The highest BCUT2D eigenvalue weighted by molar-refractivity contribution is 5.97. The van der Waals surface area contributed by atoms with E-state index in [4.69, 9.17) is 4.74 Å². The van der Waals surface area contributed by atoms with Crippen LogP contribution in [0, 0.1) is 10.1 Å². The molecule has 8 heteroatoms. The van der Waals surface area contributed by atoms with Gasteiger partial charge in [0.2, 0.25) is 0 Å². The molecule has 0 unspecified atom stereocenters. The lowest BCUT2D eigenvalue weighted by molar-refractivity contribution is -0.385. The number of nitrogens with one attached hydrogen (secondary N) is 1. The molecule has 0 atom stereocenters. The van der Waals surface area contributed by atoms with E-state index in [2.05, 4.69) is 10.3 Å². The molecule has 1 N–H and O–H groups in total. The number of hydrogen-bond acceptors (Lipinski definition) is 6. The van der Waals surface area contributed by atoms with Gasteiger partial charge in [-0.25, -0.2) is 4.98 Å². The number of carbonyl (C=O) groups is 1. The number of ether oxygens (including phenoxy) is 1. The Morgan fingerprint density at radius 3 is 2.91 bits per heavy atom. The summed E-state index contributed by atoms with van der Waals surface area (Å²) in [4.78, 5) is 28.5. The molecule has 0 aliphatic carbocycles. The average Bonchev–Trinajstić information content (AvgIpc) is 2.55. The minimum Gasteiger partial charge on any atom is -0.452 e. The number of nitro groups is 1. The first kappa shape index (κ1) is 14.8. The maximum atomic E-state index is 12.4. The van der Waals surface area contributed by atoms with Crippen molar-refractivity contribution >= 4 is 17.4 Å². The first-order valence-electron chi connectivity index (χ1n) is 6.97. The van der Waals surface area contributed by atoms with Gasteiger partial charge in [-0.15, -0.1) is 0 Å². The molecule has 8 nitrogen and oxygen atoms in total. The number of carbonyl (C=O) groups excluding carboxylic acids is 1. The number of rotatable bonds is 1. The predicted octanol–water partition coefficient (Wildman–Crippen LogP) is 2.28. The van der Waals surface area contributed by atoms with Crippen molar-refractivity contribution in [1.29, 1.82) is 0 Å². The molecule has 118 valence electrons. The third-order valence-electron chi connectivity index (χ3n) is 3.47. The van der Waals surface area contributed by atoms with Crippen LogP contribution in [0.4, 0.5) is 11.5 Å². The van der Waals surface area contributed by atoms with E-state index in [0.29, 0.717) is 30.2 Å². The maximum absolute atomic E-state index is 12.4. The van der Waals surface area contributed by atoms with Gasteiger partial charge in [0.1, 0.15) is 11.9 Å². The number of nitrogens with zero attached hydrogens (tertiary/aromatic N) is 3. The molecule has 2 heterocycles. The van der Waals surface area contributed by atoms with E-state index < -0.39 is 4.92 Å². The molecule has 0 bridgehead atoms. The van der Waals surface area contributed by atoms with Crippen molar-refractivity contribution in [2.75, 3.05) is 25.5 Å². The van der Waals surface area contributed by atoms with Crippen molar-refractivity contribution in [3.05, 3.63) is 52.2 Å². The van der Waals surface area contributed by atoms with E-state index >= 15 is 0 Å². The Morgan fingerprint density at radius 2 is 2.13 bits per heavy atom. The Kier molecular flexibility index (Phi) is 3.80. The van der Waals surface area contributed by atoms with Crippen LogP contribution in [0.1, 0.15) is 10.4 Å². The minimum absolute atomic E-state index is 0.177. The van der Waals surface area contributed by atoms with Crippen LogP contribution in [0.15, 0.2) is 36.5 Å². The van der Waals surface area contributed by atoms with Crippen molar-refractivity contribution in [2.45, 2.75) is 0 Å². The summed E-state index contributed by atoms with van der Waals surface area (Å²) in [5.41, 5.74) is 0.220. The molecule has 1 amide bonds. The van der Waals surface area contributed by atoms with Gasteiger partial charge in [0.05, 0.1) is 16.6 Å². The highest BCUT2D eigenvalue weighted by Gasteiger charge is 2.21. The molecule has 1 aliphatic heterocycles. The lowest BCUT2D eigenvalue weighted by Gasteiger charge is -2.22. The van der Waals surface area contributed by atoms with E-state index in [0.717, 1.165) is 0 Å². The SMILES string of the molecule is CN1CCNc2ncc([N+](=O)[O-])cc2Oc2ccccc2C1=O. The molecule has 1 aromatic carbocycles. The Balaban J connectivity index is 2.10. The Labute approximate surface area is 131 Å². The zero-order chi connectivity index (χ0) is 16.4. The number of para-hydroxylation sites is 1. The third-order valence-corrected chi connectivity index (χ3v) is 3.47. The number of pyridine rings is 1. The molecule has 1 aromatic heterocycles. The van der Waals surface area contributed by atoms with E-state index in [9.17, 15) is 14.9 Å². The number of anilines is 1. The van der Waals surface area contributed by atoms with Gasteiger partial charge in [-0.05, 0) is 12.1 Å². The van der Waals surface area contributed by atoms with Crippen LogP contribution in [0.3, 0.4) is 0 Å². The van der Waals surface area contributed by atoms with E-state index in [-0.39, 0.29) is 17.3 Å². The van der Waals surface area contributed by atoms with Crippen LogP contribution >= 0.6 is 0 Å². The fourth-order valence-electron chi connectivity index (χ4n) is 2.24. The van der Waals surface area contributed by atoms with Crippen LogP contribution in [0.2, 0.25) is 0 Å². The molecular formula is C15H14N4O4. The van der Waals surface area contributed by atoms with Gasteiger partial charge in [0.25, 0.3) is 11.6 Å². The molecule has 0 fully saturated rings. The highest BCUT2D eigenvalue weighted by Crippen LogP contribution is 2.33. The quantitative estimate of drug-likeness (QED) is 0.640. The van der Waals surface area contributed by atoms with Crippen molar-refractivity contribution in [1.82, 2.24) is 9.88 Å². The largest absolute Gasteiger partial charge is 0.452 e. The summed E-state index contributed by atoms with van der Waals surface area (Å²) in [6.07, 6.45) is 1.17. The van der Waals surface area contributed by atoms with Crippen LogP contribution in [-0.4, -0.2) is 40.9 Å². The van der Waals surface area contributed by atoms with Gasteiger partial charge < -0.3 is 15.0 Å². The standard InChI is InChI=1S/C15H14N4O4/c1-18-7-6-16-14-13(8-10(9-17-14)19(21)22)23-12-5-3-2-4-11(12)15(18)20/h2-5,8-9H,6-7H2,1H3,(H,16,17). The van der Waals surface area contributed by atoms with E-state index in [1.165, 1.54) is 12.3 Å². The normalized spacial score (nSPS) is 14.1. The minimum atomic E-state index is -0.541. The van der Waals surface area contributed by atoms with Gasteiger partial charge in [0.15, 0.2) is 11.6 Å². The summed E-state index contributed by atoms with van der Waals surface area (Å²) in [5, 5.41) is 14.0. The molecule has 0 radical (unpaired) electrons. The Bertz CT molecular complexity index is 778. The summed E-state index contributed by atoms with van der Waals surface area (Å²) in [6.45, 7) is 0.914. The number of fused-ring (bicyclic) bond motifs is 2. The molecule has 3 rings (SSSR count). The average molecular weight is 314 g/mol. The van der Waals surface area contributed by atoms with Gasteiger partial charge in [-0.1, -0.05) is 12.1 Å². The zero-order valence-electron chi connectivity index (χ0n) is 12.4. The lowest BCUT2D eigenvalue weighted by Crippen LogP contribution is -2.32. The maximum Gasteiger partial charge on any atom is 0.291 e. The second-order valence-electron chi connectivity index (χ2n) is 5.05. The Hall–Kier alpha value is -3.16. The molecule has 0 saturated carbocycles. The molecular weight excluding hydrogens is 300 g/mol. The number of hydrogen-bond donors (Lipinski definition) is 1. The first-order chi connectivity index (χ1) is 11.1. The topological polar surface area (TPSA) is 97.6 Å². The summed E-state index contributed by atoms with van der Waals surface area (Å²) in [5.74, 6) is 0.762. The smallest absolute Gasteiger partial charge is 0.291 e. The fourth-order valence-corrected chi connectivity index (χ4v) is 2.24. The second-order valence-corrected chi connectivity index (χ2v) is 5.05. The van der Waals surface area contributed by atoms with Crippen molar-refractivity contribution < 1.29 is 14.5 Å². The lowest BCUT2D eigenvalue weighted by atomic mass is 10.1. The Morgan fingerprint density at radius 1 is 1.35 bits per heavy atom. The number of aromatic nitrogens is 1. The van der Waals surface area contributed by atoms with Crippen LogP contribution < -0.4 is 10.1 Å². The van der Waals surface area contributed by atoms with E-state index in [1.807, 2.05) is 0 Å². The third kappa shape index (κ3) is 2.91. The first-order valence-corrected chi connectivity index (χ1v) is 6.97. The van der Waals surface area contributed by atoms with Crippen LogP contribution in [0.25, 0.3) is 0 Å².